The number of hydrogen-bond donors (Lipinski definition) is 1. The van der Waals surface area contributed by atoms with Crippen molar-refractivity contribution in [3.05, 3.63) is 36.4 Å². The molecule has 9 nitrogen and oxygen atoms in total. The van der Waals surface area contributed by atoms with Crippen LogP contribution in [0.4, 0.5) is 0 Å². The van der Waals surface area contributed by atoms with E-state index in [0.29, 0.717) is 22.2 Å². The second-order valence-electron chi connectivity index (χ2n) is 5.15. The van der Waals surface area contributed by atoms with E-state index in [-0.39, 0.29) is 10.7 Å². The van der Waals surface area contributed by atoms with Crippen molar-refractivity contribution in [2.24, 2.45) is 0 Å². The van der Waals surface area contributed by atoms with Crippen LogP contribution in [0.1, 0.15) is 0 Å². The molecule has 0 aliphatic carbocycles. The maximum Gasteiger partial charge on any atom is 0.206 e. The van der Waals surface area contributed by atoms with Crippen molar-refractivity contribution in [1.29, 1.82) is 0 Å². The minimum absolute atomic E-state index is 0.125. The van der Waals surface area contributed by atoms with Gasteiger partial charge in [0.2, 0.25) is 5.82 Å². The molecule has 0 saturated heterocycles. The van der Waals surface area contributed by atoms with Crippen LogP contribution in [-0.4, -0.2) is 45.6 Å². The van der Waals surface area contributed by atoms with Gasteiger partial charge in [-0.25, -0.2) is 13.0 Å². The van der Waals surface area contributed by atoms with Gasteiger partial charge in [0.1, 0.15) is 11.0 Å². The summed E-state index contributed by atoms with van der Waals surface area (Å²) in [4.78, 5) is 0.125. The van der Waals surface area contributed by atoms with E-state index in [0.717, 1.165) is 11.8 Å². The average Bonchev–Trinajstić information content (AvgIpc) is 3.24. The van der Waals surface area contributed by atoms with E-state index >= 15 is 0 Å². The van der Waals surface area contributed by atoms with Crippen LogP contribution < -0.4 is 0 Å². The van der Waals surface area contributed by atoms with E-state index in [4.69, 9.17) is 4.63 Å². The number of hydrogen-bond acceptors (Lipinski definition) is 8. The summed E-state index contributed by atoms with van der Waals surface area (Å²) in [6, 6.07) is 10.3. The number of aromatic nitrogens is 6. The Bertz CT molecular complexity index is 1130. The highest BCUT2D eigenvalue weighted by atomic mass is 32.2. The zero-order chi connectivity index (χ0) is 16.7. The van der Waals surface area contributed by atoms with E-state index in [9.17, 15) is 8.42 Å². The maximum atomic E-state index is 12.2. The molecule has 2 aromatic heterocycles. The van der Waals surface area contributed by atoms with Gasteiger partial charge in [0.05, 0.1) is 4.90 Å². The van der Waals surface area contributed by atoms with Crippen molar-refractivity contribution in [1.82, 2.24) is 30.9 Å². The van der Waals surface area contributed by atoms with Crippen LogP contribution >= 0.6 is 0 Å². The minimum atomic E-state index is -3.49. The number of nitrogens with zero attached hydrogens (tertiary/aromatic N) is 5. The van der Waals surface area contributed by atoms with Crippen LogP contribution in [0.3, 0.4) is 0 Å². The number of H-pyrrole nitrogens is 1. The highest BCUT2D eigenvalue weighted by Crippen LogP contribution is 2.35. The molecule has 0 bridgehead atoms. The predicted molar refractivity (Wildman–Crippen MR) is 83.5 cm³/mol. The summed E-state index contributed by atoms with van der Waals surface area (Å²) < 4.78 is 29.1. The van der Waals surface area contributed by atoms with E-state index in [1.165, 1.54) is 6.07 Å². The first kappa shape index (κ1) is 14.5. The molecule has 10 heteroatoms. The third-order valence-electron chi connectivity index (χ3n) is 3.56. The molecular weight excluding hydrogens is 332 g/mol. The van der Waals surface area contributed by atoms with Gasteiger partial charge in [-0.2, -0.15) is 5.21 Å². The fourth-order valence-electron chi connectivity index (χ4n) is 2.53. The van der Waals surface area contributed by atoms with Gasteiger partial charge in [-0.3, -0.25) is 0 Å². The highest BCUT2D eigenvalue weighted by Gasteiger charge is 2.22. The lowest BCUT2D eigenvalue weighted by Gasteiger charge is -2.11. The van der Waals surface area contributed by atoms with Crippen LogP contribution in [0.15, 0.2) is 45.9 Å². The Morgan fingerprint density at radius 2 is 1.92 bits per heavy atom. The number of rotatable bonds is 3. The van der Waals surface area contributed by atoms with Crippen molar-refractivity contribution in [2.75, 3.05) is 6.26 Å². The molecule has 0 saturated carbocycles. The summed E-state index contributed by atoms with van der Waals surface area (Å²) in [5.74, 6) is 0.199. The molecule has 0 aliphatic rings. The number of benzene rings is 2. The monoisotopic (exact) mass is 342 g/mol. The fourth-order valence-corrected chi connectivity index (χ4v) is 3.43. The molecule has 0 unspecified atom stereocenters. The summed E-state index contributed by atoms with van der Waals surface area (Å²) in [6.07, 6.45) is 1.14. The molecule has 2 aromatic carbocycles. The number of aromatic amines is 1. The SMILES string of the molecule is CS(=O)(=O)c1cccc(-c2ccc3nonc3c2)c1-c1nn[nH]n1. The Morgan fingerprint density at radius 3 is 2.67 bits per heavy atom. The summed E-state index contributed by atoms with van der Waals surface area (Å²) in [7, 11) is -3.49. The summed E-state index contributed by atoms with van der Waals surface area (Å²) >= 11 is 0. The number of tetrazole rings is 1. The lowest BCUT2D eigenvalue weighted by Crippen LogP contribution is -2.02. The molecule has 120 valence electrons. The van der Waals surface area contributed by atoms with Crippen LogP contribution in [0.2, 0.25) is 0 Å². The Morgan fingerprint density at radius 1 is 1.08 bits per heavy atom. The molecule has 0 fully saturated rings. The lowest BCUT2D eigenvalue weighted by molar-refractivity contribution is 0.315. The molecule has 1 N–H and O–H groups in total. The molecule has 0 atom stereocenters. The van der Waals surface area contributed by atoms with Gasteiger partial charge in [0.15, 0.2) is 9.84 Å². The Hall–Kier alpha value is -3.14. The van der Waals surface area contributed by atoms with E-state index in [1.54, 1.807) is 30.3 Å². The number of sulfone groups is 1. The van der Waals surface area contributed by atoms with Crippen LogP contribution in [0, 0.1) is 0 Å². The van der Waals surface area contributed by atoms with Gasteiger partial charge in [0.25, 0.3) is 0 Å². The van der Waals surface area contributed by atoms with Crippen molar-refractivity contribution < 1.29 is 13.0 Å². The summed E-state index contributed by atoms with van der Waals surface area (Å²) in [5.41, 5.74) is 2.94. The quantitative estimate of drug-likeness (QED) is 0.593. The topological polar surface area (TPSA) is 128 Å². The number of nitrogens with one attached hydrogen (secondary N) is 1. The first-order chi connectivity index (χ1) is 11.5. The smallest absolute Gasteiger partial charge is 0.206 e. The second-order valence-corrected chi connectivity index (χ2v) is 7.14. The third-order valence-corrected chi connectivity index (χ3v) is 4.70. The van der Waals surface area contributed by atoms with E-state index < -0.39 is 9.84 Å². The molecule has 0 radical (unpaired) electrons. The van der Waals surface area contributed by atoms with Crippen molar-refractivity contribution in [3.63, 3.8) is 0 Å². The number of fused-ring (bicyclic) bond motifs is 1. The van der Waals surface area contributed by atoms with E-state index in [1.807, 2.05) is 0 Å². The van der Waals surface area contributed by atoms with Gasteiger partial charge in [-0.1, -0.05) is 18.2 Å². The lowest BCUT2D eigenvalue weighted by atomic mass is 9.99. The first-order valence-corrected chi connectivity index (χ1v) is 8.73. The third kappa shape index (κ3) is 2.33. The largest absolute Gasteiger partial charge is 0.243 e. The molecule has 4 aromatic rings. The van der Waals surface area contributed by atoms with Gasteiger partial charge >= 0.3 is 0 Å². The zero-order valence-corrected chi connectivity index (χ0v) is 13.1. The standard InChI is InChI=1S/C14H10N6O3S/c1-24(21,22)12-4-2-3-9(13(12)14-15-19-20-16-14)8-5-6-10-11(7-8)18-23-17-10/h2-7H,1H3,(H,15,16,19,20). The fraction of sp³-hybridized carbons (Fsp3) is 0.0714. The molecule has 4 rings (SSSR count). The average molecular weight is 342 g/mol. The van der Waals surface area contributed by atoms with Gasteiger partial charge < -0.3 is 0 Å². The Kier molecular flexibility index (Phi) is 3.13. The zero-order valence-electron chi connectivity index (χ0n) is 12.3. The van der Waals surface area contributed by atoms with Crippen LogP contribution in [-0.2, 0) is 9.84 Å². The predicted octanol–water partition coefficient (Wildman–Crippen LogP) is 1.47. The second kappa shape index (κ2) is 5.20. The van der Waals surface area contributed by atoms with Gasteiger partial charge in [0, 0.05) is 11.8 Å². The molecule has 0 spiro atoms. The van der Waals surface area contributed by atoms with Crippen molar-refractivity contribution in [2.45, 2.75) is 4.90 Å². The maximum absolute atomic E-state index is 12.2. The molecule has 2 heterocycles. The molecule has 24 heavy (non-hydrogen) atoms. The minimum Gasteiger partial charge on any atom is -0.243 e. The first-order valence-electron chi connectivity index (χ1n) is 6.83. The molecule has 0 aliphatic heterocycles. The van der Waals surface area contributed by atoms with Crippen LogP contribution in [0.5, 0.6) is 0 Å². The van der Waals surface area contributed by atoms with Crippen LogP contribution in [0.25, 0.3) is 33.5 Å². The van der Waals surface area contributed by atoms with E-state index in [2.05, 4.69) is 30.9 Å². The highest BCUT2D eigenvalue weighted by molar-refractivity contribution is 7.90. The summed E-state index contributed by atoms with van der Waals surface area (Å²) in [6.45, 7) is 0. The summed E-state index contributed by atoms with van der Waals surface area (Å²) in [5, 5.41) is 21.3. The molecule has 0 amide bonds. The Labute approximate surface area is 135 Å². The normalized spacial score (nSPS) is 11.9. The van der Waals surface area contributed by atoms with Gasteiger partial charge in [-0.05, 0) is 44.9 Å². The van der Waals surface area contributed by atoms with Gasteiger partial charge in [-0.15, -0.1) is 10.2 Å². The van der Waals surface area contributed by atoms with Crippen molar-refractivity contribution in [3.8, 4) is 22.5 Å². The molecular formula is C14H10N6O3S. The van der Waals surface area contributed by atoms with Crippen molar-refractivity contribution >= 4 is 20.9 Å². The Balaban J connectivity index is 2.05.